The van der Waals surface area contributed by atoms with E-state index in [9.17, 15) is 4.79 Å². The monoisotopic (exact) mass is 217 g/mol. The second kappa shape index (κ2) is 3.51. The van der Waals surface area contributed by atoms with Crippen LogP contribution in [0.15, 0.2) is 24.3 Å². The lowest BCUT2D eigenvalue weighted by molar-refractivity contribution is 0.0697. The molecule has 1 saturated carbocycles. The van der Waals surface area contributed by atoms with Crippen LogP contribution in [0.1, 0.15) is 29.6 Å². The van der Waals surface area contributed by atoms with Crippen LogP contribution in [0.5, 0.6) is 0 Å². The normalized spacial score (nSPS) is 27.4. The van der Waals surface area contributed by atoms with Crippen molar-refractivity contribution in [2.45, 2.75) is 25.3 Å². The molecule has 2 aliphatic rings. The maximum Gasteiger partial charge on any atom is 0.337 e. The van der Waals surface area contributed by atoms with Crippen molar-refractivity contribution in [2.24, 2.45) is 5.92 Å². The molecule has 0 aromatic heterocycles. The Hall–Kier alpha value is -1.51. The number of carboxylic acid groups (broad SMARTS) is 1. The van der Waals surface area contributed by atoms with Gasteiger partial charge in [0.1, 0.15) is 0 Å². The van der Waals surface area contributed by atoms with Gasteiger partial charge in [0.2, 0.25) is 0 Å². The molecule has 1 aliphatic heterocycles. The van der Waals surface area contributed by atoms with Gasteiger partial charge in [0.15, 0.2) is 0 Å². The summed E-state index contributed by atoms with van der Waals surface area (Å²) in [5.41, 5.74) is 1.34. The van der Waals surface area contributed by atoms with E-state index in [-0.39, 0.29) is 0 Å². The molecule has 2 fully saturated rings. The molecule has 2 bridgehead atoms. The minimum absolute atomic E-state index is 0.440. The number of hydrogen-bond donors (Lipinski definition) is 1. The highest BCUT2D eigenvalue weighted by Gasteiger charge is 2.38. The quantitative estimate of drug-likeness (QED) is 0.826. The van der Waals surface area contributed by atoms with E-state index in [1.165, 1.54) is 19.3 Å². The highest BCUT2D eigenvalue weighted by atomic mass is 16.4. The third-order valence-electron chi connectivity index (χ3n) is 3.85. The van der Waals surface area contributed by atoms with E-state index < -0.39 is 5.97 Å². The topological polar surface area (TPSA) is 40.5 Å². The maximum atomic E-state index is 11.2. The molecule has 1 aromatic carbocycles. The average molecular weight is 217 g/mol. The molecule has 16 heavy (non-hydrogen) atoms. The van der Waals surface area contributed by atoms with Gasteiger partial charge in [-0.2, -0.15) is 0 Å². The van der Waals surface area contributed by atoms with Crippen molar-refractivity contribution in [2.75, 3.05) is 11.4 Å². The van der Waals surface area contributed by atoms with E-state index >= 15 is 0 Å². The molecule has 3 heteroatoms. The van der Waals surface area contributed by atoms with Gasteiger partial charge in [0, 0.05) is 12.6 Å². The number of carbonyl (C=O) groups is 1. The molecule has 1 N–H and O–H groups in total. The van der Waals surface area contributed by atoms with E-state index in [0.717, 1.165) is 18.2 Å². The second-order valence-electron chi connectivity index (χ2n) is 4.81. The van der Waals surface area contributed by atoms with Crippen molar-refractivity contribution in [3.8, 4) is 0 Å². The zero-order valence-electron chi connectivity index (χ0n) is 9.10. The van der Waals surface area contributed by atoms with Crippen molar-refractivity contribution in [1.82, 2.24) is 0 Å². The Morgan fingerprint density at radius 1 is 1.31 bits per heavy atom. The van der Waals surface area contributed by atoms with Gasteiger partial charge in [-0.3, -0.25) is 0 Å². The Morgan fingerprint density at radius 3 is 2.75 bits per heavy atom. The Bertz CT molecular complexity index is 430. The summed E-state index contributed by atoms with van der Waals surface area (Å²) in [6.45, 7) is 1.04. The summed E-state index contributed by atoms with van der Waals surface area (Å²) in [7, 11) is 0. The molecule has 0 amide bonds. The Kier molecular flexibility index (Phi) is 2.13. The molecule has 1 aliphatic carbocycles. The summed E-state index contributed by atoms with van der Waals surface area (Å²) in [5.74, 6) is -0.0368. The van der Waals surface area contributed by atoms with Crippen LogP contribution in [0.2, 0.25) is 0 Å². The number of aromatic carboxylic acids is 1. The molecule has 1 saturated heterocycles. The lowest BCUT2D eigenvalue weighted by Crippen LogP contribution is -2.33. The zero-order chi connectivity index (χ0) is 11.1. The smallest absolute Gasteiger partial charge is 0.337 e. The third kappa shape index (κ3) is 1.39. The largest absolute Gasteiger partial charge is 0.478 e. The first-order chi connectivity index (χ1) is 7.75. The second-order valence-corrected chi connectivity index (χ2v) is 4.81. The van der Waals surface area contributed by atoms with Gasteiger partial charge in [-0.15, -0.1) is 0 Å². The lowest BCUT2D eigenvalue weighted by atomic mass is 10.1. The van der Waals surface area contributed by atoms with Gasteiger partial charge < -0.3 is 10.0 Å². The number of fused-ring (bicyclic) bond motifs is 2. The number of anilines is 1. The zero-order valence-corrected chi connectivity index (χ0v) is 9.10. The van der Waals surface area contributed by atoms with Crippen LogP contribution >= 0.6 is 0 Å². The molecular weight excluding hydrogens is 202 g/mol. The van der Waals surface area contributed by atoms with Gasteiger partial charge in [-0.1, -0.05) is 12.1 Å². The number of benzene rings is 1. The molecule has 0 spiro atoms. The summed E-state index contributed by atoms with van der Waals surface area (Å²) in [6.07, 6.45) is 3.78. The van der Waals surface area contributed by atoms with Crippen molar-refractivity contribution >= 4 is 11.7 Å². The minimum atomic E-state index is -0.821. The fraction of sp³-hybridized carbons (Fsp3) is 0.462. The van der Waals surface area contributed by atoms with Crippen molar-refractivity contribution in [1.29, 1.82) is 0 Å². The van der Waals surface area contributed by atoms with Crippen LogP contribution in [-0.4, -0.2) is 23.7 Å². The number of para-hydroxylation sites is 1. The van der Waals surface area contributed by atoms with Crippen LogP contribution < -0.4 is 4.90 Å². The molecule has 2 atom stereocenters. The van der Waals surface area contributed by atoms with E-state index in [2.05, 4.69) is 4.90 Å². The molecule has 0 radical (unpaired) electrons. The standard InChI is InChI=1S/C13H15NO2/c15-13(16)11-3-1-2-4-12(11)14-8-9-5-6-10(14)7-9/h1-4,9-10H,5-8H2,(H,15,16)/t9-,10-/m0/s1. The minimum Gasteiger partial charge on any atom is -0.478 e. The summed E-state index contributed by atoms with van der Waals surface area (Å²) in [4.78, 5) is 13.4. The van der Waals surface area contributed by atoms with Gasteiger partial charge in [-0.25, -0.2) is 4.79 Å². The summed E-state index contributed by atoms with van der Waals surface area (Å²) in [6, 6.07) is 7.92. The summed E-state index contributed by atoms with van der Waals surface area (Å²) >= 11 is 0. The van der Waals surface area contributed by atoms with E-state index in [0.29, 0.717) is 11.6 Å². The molecule has 0 unspecified atom stereocenters. The average Bonchev–Trinajstić information content (AvgIpc) is 2.90. The van der Waals surface area contributed by atoms with Gasteiger partial charge in [0.25, 0.3) is 0 Å². The number of nitrogens with zero attached hydrogens (tertiary/aromatic N) is 1. The van der Waals surface area contributed by atoms with E-state index in [1.54, 1.807) is 12.1 Å². The molecule has 84 valence electrons. The maximum absolute atomic E-state index is 11.2. The Balaban J connectivity index is 1.97. The fourth-order valence-electron chi connectivity index (χ4n) is 3.12. The van der Waals surface area contributed by atoms with Crippen LogP contribution in [0, 0.1) is 5.92 Å². The number of piperidine rings is 1. The van der Waals surface area contributed by atoms with E-state index in [1.807, 2.05) is 12.1 Å². The molecule has 1 aromatic rings. The van der Waals surface area contributed by atoms with Crippen LogP contribution in [0.4, 0.5) is 5.69 Å². The van der Waals surface area contributed by atoms with Crippen LogP contribution in [0.3, 0.4) is 0 Å². The van der Waals surface area contributed by atoms with Crippen molar-refractivity contribution < 1.29 is 9.90 Å². The number of carboxylic acids is 1. The first-order valence-corrected chi connectivity index (χ1v) is 5.84. The summed E-state index contributed by atoms with van der Waals surface area (Å²) in [5, 5.41) is 9.17. The summed E-state index contributed by atoms with van der Waals surface area (Å²) < 4.78 is 0. The van der Waals surface area contributed by atoms with Gasteiger partial charge >= 0.3 is 5.97 Å². The van der Waals surface area contributed by atoms with Crippen LogP contribution in [-0.2, 0) is 0 Å². The van der Waals surface area contributed by atoms with Crippen molar-refractivity contribution in [3.63, 3.8) is 0 Å². The number of hydrogen-bond acceptors (Lipinski definition) is 2. The molecule has 3 nitrogen and oxygen atoms in total. The third-order valence-corrected chi connectivity index (χ3v) is 3.85. The Labute approximate surface area is 94.7 Å². The Morgan fingerprint density at radius 2 is 2.12 bits per heavy atom. The molecular formula is C13H15NO2. The SMILES string of the molecule is O=C(O)c1ccccc1N1C[C@H]2CC[C@H]1C2. The predicted molar refractivity (Wildman–Crippen MR) is 61.9 cm³/mol. The van der Waals surface area contributed by atoms with Crippen molar-refractivity contribution in [3.05, 3.63) is 29.8 Å². The molecule has 3 rings (SSSR count). The van der Waals surface area contributed by atoms with Gasteiger partial charge in [0.05, 0.1) is 11.3 Å². The van der Waals surface area contributed by atoms with E-state index in [4.69, 9.17) is 5.11 Å². The first-order valence-electron chi connectivity index (χ1n) is 5.84. The fourth-order valence-corrected chi connectivity index (χ4v) is 3.12. The lowest BCUT2D eigenvalue weighted by Gasteiger charge is -2.30. The highest BCUT2D eigenvalue weighted by Crippen LogP contribution is 2.41. The van der Waals surface area contributed by atoms with Crippen LogP contribution in [0.25, 0.3) is 0 Å². The molecule has 1 heterocycles. The predicted octanol–water partition coefficient (Wildman–Crippen LogP) is 2.37. The number of rotatable bonds is 2. The van der Waals surface area contributed by atoms with Gasteiger partial charge in [-0.05, 0) is 37.3 Å². The highest BCUT2D eigenvalue weighted by molar-refractivity contribution is 5.94. The first kappa shape index (κ1) is 9.70.